The molecule has 2 aliphatic heterocycles. The highest BCUT2D eigenvalue weighted by Gasteiger charge is 2.57. The topological polar surface area (TPSA) is 23.6 Å². The molecule has 0 spiro atoms. The van der Waals surface area contributed by atoms with Gasteiger partial charge < -0.3 is 4.79 Å². The van der Waals surface area contributed by atoms with Gasteiger partial charge >= 0.3 is 0 Å². The van der Waals surface area contributed by atoms with Gasteiger partial charge in [0.05, 0.1) is 6.54 Å². The van der Waals surface area contributed by atoms with Crippen molar-refractivity contribution in [1.82, 2.24) is 9.80 Å². The number of piperidine rings is 1. The van der Waals surface area contributed by atoms with Crippen LogP contribution in [-0.2, 0) is 4.79 Å². The van der Waals surface area contributed by atoms with Crippen LogP contribution in [0.3, 0.4) is 0 Å². The number of hydrogen-bond acceptors (Lipinski definition) is 3. The van der Waals surface area contributed by atoms with Gasteiger partial charge in [-0.1, -0.05) is 0 Å². The number of likely N-dealkylation sites (tertiary alicyclic amines) is 2. The Hall–Kier alpha value is -0.410. The summed E-state index contributed by atoms with van der Waals surface area (Å²) in [4.78, 5) is 15.3. The molecule has 0 amide bonds. The lowest BCUT2D eigenvalue weighted by molar-refractivity contribution is -0.108. The van der Waals surface area contributed by atoms with Crippen molar-refractivity contribution in [2.75, 3.05) is 32.7 Å². The van der Waals surface area contributed by atoms with Gasteiger partial charge in [-0.3, -0.25) is 9.80 Å². The van der Waals surface area contributed by atoms with Gasteiger partial charge in [0, 0.05) is 19.1 Å². The Morgan fingerprint density at radius 2 is 1.79 bits per heavy atom. The standard InChI is InChI=1S/C11H18N2O/c14-6-5-12-7-9-10(8-12)11(9)13-3-1-2-4-13/h6,9-11H,1-5,7-8H2. The molecule has 0 radical (unpaired) electrons. The molecule has 1 aliphatic carbocycles. The van der Waals surface area contributed by atoms with Crippen molar-refractivity contribution in [3.05, 3.63) is 0 Å². The highest BCUT2D eigenvalue weighted by atomic mass is 16.1. The third-order valence-electron chi connectivity index (χ3n) is 4.12. The molecule has 0 bridgehead atoms. The average Bonchev–Trinajstić information content (AvgIpc) is 2.63. The molecular weight excluding hydrogens is 176 g/mol. The zero-order valence-electron chi connectivity index (χ0n) is 8.56. The largest absolute Gasteiger partial charge is 0.302 e. The minimum absolute atomic E-state index is 0.652. The maximum Gasteiger partial charge on any atom is 0.133 e. The first-order valence-corrected chi connectivity index (χ1v) is 5.80. The van der Waals surface area contributed by atoms with Gasteiger partial charge in [0.15, 0.2) is 0 Å². The zero-order chi connectivity index (χ0) is 9.54. The van der Waals surface area contributed by atoms with Crippen LogP contribution in [0.1, 0.15) is 12.8 Å². The van der Waals surface area contributed by atoms with Crippen molar-refractivity contribution in [2.24, 2.45) is 11.8 Å². The average molecular weight is 194 g/mol. The van der Waals surface area contributed by atoms with Crippen LogP contribution in [0.2, 0.25) is 0 Å². The molecule has 2 saturated heterocycles. The SMILES string of the molecule is O=CCN1CC2C(C1)C2N1CCCC1. The number of carbonyl (C=O) groups is 1. The van der Waals surface area contributed by atoms with Crippen LogP contribution in [-0.4, -0.2) is 54.9 Å². The molecule has 2 heterocycles. The Labute approximate surface area is 85.1 Å². The molecule has 2 atom stereocenters. The Morgan fingerprint density at radius 3 is 2.36 bits per heavy atom. The number of carbonyl (C=O) groups excluding carboxylic acids is 1. The Bertz CT molecular complexity index is 225. The van der Waals surface area contributed by atoms with Gasteiger partial charge in [0.25, 0.3) is 0 Å². The summed E-state index contributed by atoms with van der Waals surface area (Å²) in [6.07, 6.45) is 3.83. The highest BCUT2D eigenvalue weighted by Crippen LogP contribution is 2.49. The molecule has 3 aliphatic rings. The first-order valence-electron chi connectivity index (χ1n) is 5.80. The minimum Gasteiger partial charge on any atom is -0.302 e. The maximum atomic E-state index is 10.4. The molecule has 3 heteroatoms. The van der Waals surface area contributed by atoms with Gasteiger partial charge in [-0.2, -0.15) is 0 Å². The summed E-state index contributed by atoms with van der Waals surface area (Å²) in [5, 5.41) is 0. The smallest absolute Gasteiger partial charge is 0.133 e. The summed E-state index contributed by atoms with van der Waals surface area (Å²) in [7, 11) is 0. The number of hydrogen-bond donors (Lipinski definition) is 0. The molecule has 0 aromatic carbocycles. The van der Waals surface area contributed by atoms with E-state index in [2.05, 4.69) is 9.80 Å². The Kier molecular flexibility index (Phi) is 2.10. The van der Waals surface area contributed by atoms with E-state index in [1.54, 1.807) is 0 Å². The molecule has 14 heavy (non-hydrogen) atoms. The highest BCUT2D eigenvalue weighted by molar-refractivity contribution is 5.52. The normalized spacial score (nSPS) is 42.7. The van der Waals surface area contributed by atoms with Gasteiger partial charge in [0.2, 0.25) is 0 Å². The molecular formula is C11H18N2O. The lowest BCUT2D eigenvalue weighted by Crippen LogP contribution is -2.33. The molecule has 0 N–H and O–H groups in total. The maximum absolute atomic E-state index is 10.4. The monoisotopic (exact) mass is 194 g/mol. The third kappa shape index (κ3) is 1.30. The molecule has 3 fully saturated rings. The van der Waals surface area contributed by atoms with Crippen molar-refractivity contribution < 1.29 is 4.79 Å². The van der Waals surface area contributed by atoms with Crippen LogP contribution in [0.15, 0.2) is 0 Å². The molecule has 3 rings (SSSR count). The van der Waals surface area contributed by atoms with Crippen LogP contribution in [0.4, 0.5) is 0 Å². The van der Waals surface area contributed by atoms with E-state index in [0.29, 0.717) is 6.54 Å². The molecule has 3 nitrogen and oxygen atoms in total. The number of rotatable bonds is 3. The summed E-state index contributed by atoms with van der Waals surface area (Å²) in [5.74, 6) is 1.79. The molecule has 0 aromatic rings. The molecule has 2 unspecified atom stereocenters. The van der Waals surface area contributed by atoms with Gasteiger partial charge in [0.1, 0.15) is 6.29 Å². The van der Waals surface area contributed by atoms with E-state index in [0.717, 1.165) is 24.2 Å². The van der Waals surface area contributed by atoms with Crippen LogP contribution < -0.4 is 0 Å². The number of fused-ring (bicyclic) bond motifs is 1. The van der Waals surface area contributed by atoms with Crippen molar-refractivity contribution in [2.45, 2.75) is 18.9 Å². The van der Waals surface area contributed by atoms with Crippen molar-refractivity contribution >= 4 is 6.29 Å². The second-order valence-corrected chi connectivity index (χ2v) is 4.95. The quantitative estimate of drug-likeness (QED) is 0.600. The van der Waals surface area contributed by atoms with E-state index in [9.17, 15) is 4.79 Å². The van der Waals surface area contributed by atoms with Gasteiger partial charge in [-0.05, 0) is 37.8 Å². The second kappa shape index (κ2) is 3.31. The van der Waals surface area contributed by atoms with Crippen LogP contribution in [0.5, 0.6) is 0 Å². The minimum atomic E-state index is 0.652. The predicted octanol–water partition coefficient (Wildman–Crippen LogP) is 0.211. The fraction of sp³-hybridized carbons (Fsp3) is 0.909. The second-order valence-electron chi connectivity index (χ2n) is 4.95. The lowest BCUT2D eigenvalue weighted by Gasteiger charge is -2.21. The summed E-state index contributed by atoms with van der Waals surface area (Å²) in [6, 6.07) is 0.889. The lowest BCUT2D eigenvalue weighted by atomic mass is 10.3. The third-order valence-corrected chi connectivity index (χ3v) is 4.12. The Balaban J connectivity index is 1.53. The Morgan fingerprint density at radius 1 is 1.14 bits per heavy atom. The zero-order valence-corrected chi connectivity index (χ0v) is 8.56. The van der Waals surface area contributed by atoms with Crippen molar-refractivity contribution in [3.63, 3.8) is 0 Å². The predicted molar refractivity (Wildman–Crippen MR) is 54.1 cm³/mol. The van der Waals surface area contributed by atoms with E-state index < -0.39 is 0 Å². The first kappa shape index (κ1) is 8.86. The van der Waals surface area contributed by atoms with Gasteiger partial charge in [-0.25, -0.2) is 0 Å². The summed E-state index contributed by atoms with van der Waals surface area (Å²) in [5.41, 5.74) is 0. The molecule has 0 aromatic heterocycles. The fourth-order valence-corrected chi connectivity index (χ4v) is 3.42. The first-order chi connectivity index (χ1) is 6.90. The van der Waals surface area contributed by atoms with E-state index in [4.69, 9.17) is 0 Å². The van der Waals surface area contributed by atoms with Crippen LogP contribution in [0, 0.1) is 11.8 Å². The van der Waals surface area contributed by atoms with Crippen LogP contribution in [0.25, 0.3) is 0 Å². The van der Waals surface area contributed by atoms with Crippen molar-refractivity contribution in [1.29, 1.82) is 0 Å². The van der Waals surface area contributed by atoms with E-state index in [1.807, 2.05) is 0 Å². The summed E-state index contributed by atoms with van der Waals surface area (Å²) >= 11 is 0. The van der Waals surface area contributed by atoms with E-state index >= 15 is 0 Å². The number of aldehydes is 1. The van der Waals surface area contributed by atoms with Crippen LogP contribution >= 0.6 is 0 Å². The molecule has 78 valence electrons. The van der Waals surface area contributed by atoms with E-state index in [1.165, 1.54) is 39.0 Å². The fourth-order valence-electron chi connectivity index (χ4n) is 3.42. The summed E-state index contributed by atoms with van der Waals surface area (Å²) < 4.78 is 0. The van der Waals surface area contributed by atoms with Crippen molar-refractivity contribution in [3.8, 4) is 0 Å². The molecule has 1 saturated carbocycles. The van der Waals surface area contributed by atoms with E-state index in [-0.39, 0.29) is 0 Å². The number of nitrogens with zero attached hydrogens (tertiary/aromatic N) is 2. The summed E-state index contributed by atoms with van der Waals surface area (Å²) in [6.45, 7) is 5.64. The van der Waals surface area contributed by atoms with Gasteiger partial charge in [-0.15, -0.1) is 0 Å².